The van der Waals surface area contributed by atoms with Gasteiger partial charge in [-0.3, -0.25) is 4.79 Å². The third kappa shape index (κ3) is 4.57. The lowest BCUT2D eigenvalue weighted by Crippen LogP contribution is -2.55. The summed E-state index contributed by atoms with van der Waals surface area (Å²) >= 11 is 0. The molecule has 0 N–H and O–H groups in total. The lowest BCUT2D eigenvalue weighted by atomic mass is 9.46. The van der Waals surface area contributed by atoms with Gasteiger partial charge in [0.05, 0.1) is 6.10 Å². The van der Waals surface area contributed by atoms with Crippen molar-refractivity contribution >= 4 is 5.97 Å². The Balaban J connectivity index is 1.57. The SMILES string of the molecule is COC1C=C2C(OC(C)=O)CC3C(CCC4(C)C(C(C)CCCC(C)C)CCC34)C2(C)CC1. The van der Waals surface area contributed by atoms with Crippen molar-refractivity contribution < 1.29 is 14.3 Å². The predicted octanol–water partition coefficient (Wildman–Crippen LogP) is 7.58. The third-order valence-corrected chi connectivity index (χ3v) is 10.9. The first-order valence-electron chi connectivity index (χ1n) is 14.0. The van der Waals surface area contributed by atoms with Crippen molar-refractivity contribution in [3.8, 4) is 0 Å². The molecule has 0 spiro atoms. The smallest absolute Gasteiger partial charge is 0.303 e. The second kappa shape index (κ2) is 9.67. The van der Waals surface area contributed by atoms with Gasteiger partial charge in [-0.1, -0.05) is 60.0 Å². The topological polar surface area (TPSA) is 35.5 Å². The highest BCUT2D eigenvalue weighted by molar-refractivity contribution is 5.66. The molecule has 3 saturated carbocycles. The van der Waals surface area contributed by atoms with Crippen LogP contribution in [0, 0.1) is 46.3 Å². The molecular weight excluding hydrogens is 408 g/mol. The Morgan fingerprint density at radius 1 is 1.06 bits per heavy atom. The summed E-state index contributed by atoms with van der Waals surface area (Å²) in [6.45, 7) is 14.0. The molecule has 0 aromatic rings. The number of methoxy groups -OCH3 is 1. The Kier molecular flexibility index (Phi) is 7.40. The van der Waals surface area contributed by atoms with Crippen molar-refractivity contribution in [2.24, 2.45) is 46.3 Å². The number of ether oxygens (including phenoxy) is 2. The fourth-order valence-electron chi connectivity index (χ4n) is 9.24. The fourth-order valence-corrected chi connectivity index (χ4v) is 9.24. The summed E-state index contributed by atoms with van der Waals surface area (Å²) in [5.41, 5.74) is 1.98. The summed E-state index contributed by atoms with van der Waals surface area (Å²) in [5.74, 6) is 4.55. The molecule has 4 aliphatic carbocycles. The van der Waals surface area contributed by atoms with Gasteiger partial charge in [0.15, 0.2) is 0 Å². The molecule has 9 unspecified atom stereocenters. The van der Waals surface area contributed by atoms with Crippen molar-refractivity contribution in [1.29, 1.82) is 0 Å². The molecule has 3 nitrogen and oxygen atoms in total. The molecule has 4 aliphatic rings. The predicted molar refractivity (Wildman–Crippen MR) is 135 cm³/mol. The summed E-state index contributed by atoms with van der Waals surface area (Å²) < 4.78 is 11.8. The molecule has 4 rings (SSSR count). The molecule has 0 radical (unpaired) electrons. The quantitative estimate of drug-likeness (QED) is 0.291. The zero-order chi connectivity index (χ0) is 24.0. The molecule has 9 atom stereocenters. The normalized spacial score (nSPS) is 43.3. The molecule has 0 bridgehead atoms. The molecule has 0 aromatic carbocycles. The molecule has 0 heterocycles. The number of carbonyl (C=O) groups is 1. The Hall–Kier alpha value is -0.830. The third-order valence-electron chi connectivity index (χ3n) is 10.9. The minimum absolute atomic E-state index is 0.0587. The van der Waals surface area contributed by atoms with Crippen LogP contribution in [0.15, 0.2) is 11.6 Å². The van der Waals surface area contributed by atoms with Crippen LogP contribution in [0.25, 0.3) is 0 Å². The summed E-state index contributed by atoms with van der Waals surface area (Å²) in [4.78, 5) is 12.1. The summed E-state index contributed by atoms with van der Waals surface area (Å²) in [5, 5.41) is 0. The number of carbonyl (C=O) groups excluding carboxylic acids is 1. The highest BCUT2D eigenvalue weighted by Gasteiger charge is 2.61. The second-order valence-corrected chi connectivity index (χ2v) is 13.1. The van der Waals surface area contributed by atoms with Crippen LogP contribution in [-0.2, 0) is 14.3 Å². The van der Waals surface area contributed by atoms with Gasteiger partial charge in [0.25, 0.3) is 0 Å². The van der Waals surface area contributed by atoms with E-state index >= 15 is 0 Å². The van der Waals surface area contributed by atoms with Gasteiger partial charge >= 0.3 is 5.97 Å². The highest BCUT2D eigenvalue weighted by atomic mass is 16.5. The standard InChI is InChI=1S/C30H50O3/c1-19(2)9-8-10-20(3)24-11-12-25-23-18-28(33-21(4)31)27-17-22(32-7)13-15-30(27,6)26(23)14-16-29(24,25)5/h17,19-20,22-26,28H,8-16,18H2,1-7H3. The van der Waals surface area contributed by atoms with E-state index in [4.69, 9.17) is 9.47 Å². The second-order valence-electron chi connectivity index (χ2n) is 13.1. The van der Waals surface area contributed by atoms with Crippen LogP contribution in [-0.4, -0.2) is 25.3 Å². The Labute approximate surface area is 203 Å². The largest absolute Gasteiger partial charge is 0.458 e. The van der Waals surface area contributed by atoms with E-state index < -0.39 is 0 Å². The van der Waals surface area contributed by atoms with Gasteiger partial charge in [0.1, 0.15) is 6.10 Å². The first kappa shape index (κ1) is 25.3. The maximum Gasteiger partial charge on any atom is 0.303 e. The summed E-state index contributed by atoms with van der Waals surface area (Å²) in [7, 11) is 1.81. The molecule has 3 fully saturated rings. The van der Waals surface area contributed by atoms with Crippen LogP contribution < -0.4 is 0 Å². The van der Waals surface area contributed by atoms with Crippen molar-refractivity contribution in [3.63, 3.8) is 0 Å². The van der Waals surface area contributed by atoms with E-state index in [-0.39, 0.29) is 23.6 Å². The zero-order valence-electron chi connectivity index (χ0n) is 22.5. The van der Waals surface area contributed by atoms with E-state index in [1.165, 1.54) is 50.5 Å². The van der Waals surface area contributed by atoms with Gasteiger partial charge in [-0.05, 0) is 96.9 Å². The fraction of sp³-hybridized carbons (Fsp3) is 0.900. The van der Waals surface area contributed by atoms with Crippen LogP contribution >= 0.6 is 0 Å². The van der Waals surface area contributed by atoms with Gasteiger partial charge in [-0.15, -0.1) is 0 Å². The van der Waals surface area contributed by atoms with Gasteiger partial charge in [0.2, 0.25) is 0 Å². The number of fused-ring (bicyclic) bond motifs is 5. The van der Waals surface area contributed by atoms with Crippen molar-refractivity contribution in [2.75, 3.05) is 7.11 Å². The molecular formula is C30H50O3. The highest BCUT2D eigenvalue weighted by Crippen LogP contribution is 2.68. The molecule has 0 amide bonds. The van der Waals surface area contributed by atoms with Gasteiger partial charge in [-0.2, -0.15) is 0 Å². The lowest BCUT2D eigenvalue weighted by Gasteiger charge is -2.60. The lowest BCUT2D eigenvalue weighted by molar-refractivity contribution is -0.153. The first-order chi connectivity index (χ1) is 15.6. The number of hydrogen-bond donors (Lipinski definition) is 0. The molecule has 33 heavy (non-hydrogen) atoms. The van der Waals surface area contributed by atoms with Gasteiger partial charge in [0, 0.05) is 14.0 Å². The van der Waals surface area contributed by atoms with Crippen LogP contribution in [0.5, 0.6) is 0 Å². The molecule has 188 valence electrons. The number of hydrogen-bond acceptors (Lipinski definition) is 3. The Morgan fingerprint density at radius 3 is 2.48 bits per heavy atom. The minimum atomic E-state index is -0.136. The monoisotopic (exact) mass is 458 g/mol. The molecule has 3 heteroatoms. The van der Waals surface area contributed by atoms with E-state index in [9.17, 15) is 4.79 Å². The van der Waals surface area contributed by atoms with E-state index in [1.54, 1.807) is 6.92 Å². The van der Waals surface area contributed by atoms with Crippen molar-refractivity contribution in [2.45, 2.75) is 118 Å². The Bertz CT molecular complexity index is 741. The number of esters is 1. The van der Waals surface area contributed by atoms with E-state index in [2.05, 4.69) is 40.7 Å². The maximum atomic E-state index is 12.1. The average molecular weight is 459 g/mol. The van der Waals surface area contributed by atoms with Crippen molar-refractivity contribution in [1.82, 2.24) is 0 Å². The molecule has 0 aromatic heterocycles. The zero-order valence-corrected chi connectivity index (χ0v) is 22.5. The van der Waals surface area contributed by atoms with Gasteiger partial charge in [-0.25, -0.2) is 0 Å². The Morgan fingerprint density at radius 2 is 1.82 bits per heavy atom. The van der Waals surface area contributed by atoms with Crippen LogP contribution in [0.2, 0.25) is 0 Å². The summed E-state index contributed by atoms with van der Waals surface area (Å²) in [6, 6.07) is 0. The summed E-state index contributed by atoms with van der Waals surface area (Å²) in [6.07, 6.45) is 15.3. The van der Waals surface area contributed by atoms with Crippen LogP contribution in [0.1, 0.15) is 106 Å². The van der Waals surface area contributed by atoms with E-state index in [0.717, 1.165) is 48.9 Å². The van der Waals surface area contributed by atoms with Crippen LogP contribution in [0.4, 0.5) is 0 Å². The van der Waals surface area contributed by atoms with Crippen LogP contribution in [0.3, 0.4) is 0 Å². The van der Waals surface area contributed by atoms with Crippen molar-refractivity contribution in [3.05, 3.63) is 11.6 Å². The molecule has 0 aliphatic heterocycles. The van der Waals surface area contributed by atoms with E-state index in [1.807, 2.05) is 7.11 Å². The number of rotatable bonds is 7. The van der Waals surface area contributed by atoms with Gasteiger partial charge < -0.3 is 9.47 Å². The first-order valence-corrected chi connectivity index (χ1v) is 14.0. The molecule has 0 saturated heterocycles. The average Bonchev–Trinajstić information content (AvgIpc) is 3.10. The minimum Gasteiger partial charge on any atom is -0.458 e. The maximum absolute atomic E-state index is 12.1. The van der Waals surface area contributed by atoms with E-state index in [0.29, 0.717) is 11.3 Å².